The van der Waals surface area contributed by atoms with E-state index in [1.165, 1.54) is 17.8 Å². The summed E-state index contributed by atoms with van der Waals surface area (Å²) >= 11 is 1.69. The van der Waals surface area contributed by atoms with Gasteiger partial charge in [-0.05, 0) is 36.6 Å². The van der Waals surface area contributed by atoms with Gasteiger partial charge >= 0.3 is 0 Å². The number of benzene rings is 1. The van der Waals surface area contributed by atoms with Gasteiger partial charge in [0.2, 0.25) is 0 Å². The first-order valence-corrected chi connectivity index (χ1v) is 12.6. The fourth-order valence-electron chi connectivity index (χ4n) is 4.46. The van der Waals surface area contributed by atoms with Crippen LogP contribution >= 0.6 is 11.9 Å². The van der Waals surface area contributed by atoms with Gasteiger partial charge in [0.1, 0.15) is 16.7 Å². The topological polar surface area (TPSA) is 65.4 Å². The number of nitrogens with zero attached hydrogens (tertiary/aromatic N) is 7. The van der Waals surface area contributed by atoms with Gasteiger partial charge in [0.05, 0.1) is 30.5 Å². The Kier molecular flexibility index (Phi) is 7.39. The summed E-state index contributed by atoms with van der Waals surface area (Å²) in [5.74, 6) is 0.751. The molecule has 1 atom stereocenters. The van der Waals surface area contributed by atoms with Crippen LogP contribution < -0.4 is 10.2 Å². The van der Waals surface area contributed by atoms with E-state index in [1.807, 2.05) is 37.1 Å². The maximum absolute atomic E-state index is 13.3. The van der Waals surface area contributed by atoms with Gasteiger partial charge in [0.15, 0.2) is 0 Å². The molecule has 0 bridgehead atoms. The lowest BCUT2D eigenvalue weighted by Gasteiger charge is -2.34. The van der Waals surface area contributed by atoms with Crippen LogP contribution in [-0.4, -0.2) is 81.1 Å². The van der Waals surface area contributed by atoms with Gasteiger partial charge in [0, 0.05) is 65.1 Å². The van der Waals surface area contributed by atoms with Crippen molar-refractivity contribution in [2.75, 3.05) is 57.3 Å². The minimum absolute atomic E-state index is 0.109. The summed E-state index contributed by atoms with van der Waals surface area (Å²) in [6.07, 6.45) is 7.60. The predicted octanol–water partition coefficient (Wildman–Crippen LogP) is 2.66. The molecule has 10 heteroatoms. The van der Waals surface area contributed by atoms with Crippen LogP contribution in [0.15, 0.2) is 54.2 Å². The van der Waals surface area contributed by atoms with Crippen molar-refractivity contribution >= 4 is 17.8 Å². The van der Waals surface area contributed by atoms with E-state index in [9.17, 15) is 4.39 Å². The van der Waals surface area contributed by atoms with Crippen molar-refractivity contribution in [1.82, 2.24) is 34.0 Å². The van der Waals surface area contributed by atoms with E-state index in [0.717, 1.165) is 75.3 Å². The fourth-order valence-corrected chi connectivity index (χ4v) is 5.27. The molecular weight excluding hydrogens is 451 g/mol. The number of aromatic nitrogens is 4. The van der Waals surface area contributed by atoms with Gasteiger partial charge in [0.25, 0.3) is 0 Å². The average Bonchev–Trinajstić information content (AvgIpc) is 3.34. The highest BCUT2D eigenvalue weighted by Gasteiger charge is 2.21. The first-order chi connectivity index (χ1) is 16.7. The molecule has 2 fully saturated rings. The summed E-state index contributed by atoms with van der Waals surface area (Å²) in [5.41, 5.74) is 2.25. The van der Waals surface area contributed by atoms with Crippen molar-refractivity contribution in [3.63, 3.8) is 0 Å². The Morgan fingerprint density at radius 2 is 1.74 bits per heavy atom. The molecule has 2 aliphatic heterocycles. The molecule has 34 heavy (non-hydrogen) atoms. The lowest BCUT2D eigenvalue weighted by atomic mass is 10.1. The van der Waals surface area contributed by atoms with E-state index >= 15 is 0 Å². The molecule has 0 aliphatic carbocycles. The summed E-state index contributed by atoms with van der Waals surface area (Å²) in [5, 5.41) is 4.31. The number of halogens is 1. The molecule has 1 N–H and O–H groups in total. The fraction of sp³-hybridized carbons (Fsp3) is 0.458. The summed E-state index contributed by atoms with van der Waals surface area (Å²) in [4.78, 5) is 18.4. The smallest absolute Gasteiger partial charge is 0.147 e. The molecule has 5 rings (SSSR count). The van der Waals surface area contributed by atoms with E-state index in [2.05, 4.69) is 45.9 Å². The molecule has 0 radical (unpaired) electrons. The number of rotatable bonds is 7. The van der Waals surface area contributed by atoms with Crippen molar-refractivity contribution < 1.29 is 4.39 Å². The second-order valence-electron chi connectivity index (χ2n) is 8.77. The number of piperazine rings is 2. The normalized spacial score (nSPS) is 18.8. The van der Waals surface area contributed by atoms with E-state index in [1.54, 1.807) is 11.9 Å². The Bertz CT molecular complexity index is 1040. The summed E-state index contributed by atoms with van der Waals surface area (Å²) in [6, 6.07) is 6.83. The van der Waals surface area contributed by atoms with Crippen LogP contribution in [0.5, 0.6) is 0 Å². The minimum Gasteiger partial charge on any atom is -0.353 e. The summed E-state index contributed by atoms with van der Waals surface area (Å²) in [6.45, 7) is 10.8. The monoisotopic (exact) mass is 482 g/mol. The number of anilines is 1. The second kappa shape index (κ2) is 10.8. The third-order valence-electron chi connectivity index (χ3n) is 6.51. The average molecular weight is 483 g/mol. The van der Waals surface area contributed by atoms with E-state index < -0.39 is 0 Å². The summed E-state index contributed by atoms with van der Waals surface area (Å²) in [7, 11) is 0. The third kappa shape index (κ3) is 5.57. The second-order valence-corrected chi connectivity index (χ2v) is 9.88. The maximum Gasteiger partial charge on any atom is 0.147 e. The van der Waals surface area contributed by atoms with Gasteiger partial charge in [-0.15, -0.1) is 0 Å². The Balaban J connectivity index is 1.12. The summed E-state index contributed by atoms with van der Waals surface area (Å²) < 4.78 is 17.9. The highest BCUT2D eigenvalue weighted by molar-refractivity contribution is 7.97. The first kappa shape index (κ1) is 23.2. The molecule has 4 heterocycles. The zero-order valence-electron chi connectivity index (χ0n) is 19.5. The van der Waals surface area contributed by atoms with Crippen molar-refractivity contribution in [3.8, 4) is 0 Å². The SMILES string of the molecule is CC(c1ccc(F)cc1)n1cncc1CN1CCN(Sc2cnc(N3CCNCC3)cn2)CC1. The first-order valence-electron chi connectivity index (χ1n) is 11.8. The van der Waals surface area contributed by atoms with E-state index in [0.29, 0.717) is 0 Å². The van der Waals surface area contributed by atoms with Crippen LogP contribution in [0, 0.1) is 5.82 Å². The molecule has 1 aromatic carbocycles. The lowest BCUT2D eigenvalue weighted by Crippen LogP contribution is -2.44. The van der Waals surface area contributed by atoms with Crippen molar-refractivity contribution in [1.29, 1.82) is 0 Å². The van der Waals surface area contributed by atoms with Crippen LogP contribution in [0.2, 0.25) is 0 Å². The molecule has 2 aliphatic rings. The van der Waals surface area contributed by atoms with Crippen molar-refractivity contribution in [3.05, 3.63) is 66.3 Å². The molecule has 1 unspecified atom stereocenters. The van der Waals surface area contributed by atoms with E-state index in [4.69, 9.17) is 0 Å². The van der Waals surface area contributed by atoms with E-state index in [-0.39, 0.29) is 11.9 Å². The Hall–Kier alpha value is -2.53. The molecule has 0 amide bonds. The molecule has 2 saturated heterocycles. The maximum atomic E-state index is 13.3. The Morgan fingerprint density at radius 1 is 0.971 bits per heavy atom. The van der Waals surface area contributed by atoms with Crippen LogP contribution in [0.4, 0.5) is 10.2 Å². The Morgan fingerprint density at radius 3 is 2.44 bits per heavy atom. The van der Waals surface area contributed by atoms with Gasteiger partial charge in [-0.1, -0.05) is 12.1 Å². The van der Waals surface area contributed by atoms with Gasteiger partial charge in [-0.25, -0.2) is 23.6 Å². The van der Waals surface area contributed by atoms with Crippen LogP contribution in [0.25, 0.3) is 0 Å². The number of nitrogens with one attached hydrogen (secondary N) is 1. The molecule has 0 saturated carbocycles. The van der Waals surface area contributed by atoms with Gasteiger partial charge in [-0.3, -0.25) is 4.90 Å². The molecular formula is C24H31FN8S. The highest BCUT2D eigenvalue weighted by atomic mass is 32.2. The number of hydrogen-bond acceptors (Lipinski definition) is 8. The van der Waals surface area contributed by atoms with Crippen molar-refractivity contribution in [2.24, 2.45) is 0 Å². The molecule has 180 valence electrons. The van der Waals surface area contributed by atoms with Gasteiger partial charge < -0.3 is 14.8 Å². The Labute approximate surface area is 204 Å². The number of imidazole rings is 1. The molecule has 8 nitrogen and oxygen atoms in total. The van der Waals surface area contributed by atoms with Crippen LogP contribution in [0.3, 0.4) is 0 Å². The molecule has 2 aromatic heterocycles. The zero-order valence-corrected chi connectivity index (χ0v) is 20.3. The minimum atomic E-state index is -0.209. The lowest BCUT2D eigenvalue weighted by molar-refractivity contribution is 0.185. The zero-order chi connectivity index (χ0) is 23.3. The van der Waals surface area contributed by atoms with Gasteiger partial charge in [-0.2, -0.15) is 0 Å². The standard InChI is InChI=1S/C24H31FN8S/c1-19(20-2-4-21(25)5-3-20)33-18-27-14-22(33)17-30-10-12-32(13-11-30)34-24-16-28-23(15-29-24)31-8-6-26-7-9-31/h2-5,14-16,18-19,26H,6-13,17H2,1H3. The quantitative estimate of drug-likeness (QED) is 0.516. The molecule has 3 aromatic rings. The largest absolute Gasteiger partial charge is 0.353 e. The van der Waals surface area contributed by atoms with Crippen molar-refractivity contribution in [2.45, 2.75) is 24.5 Å². The number of hydrogen-bond donors (Lipinski definition) is 1. The van der Waals surface area contributed by atoms with Crippen LogP contribution in [-0.2, 0) is 6.54 Å². The molecule has 0 spiro atoms. The third-order valence-corrected chi connectivity index (χ3v) is 7.53. The highest BCUT2D eigenvalue weighted by Crippen LogP contribution is 2.24. The predicted molar refractivity (Wildman–Crippen MR) is 132 cm³/mol. The van der Waals surface area contributed by atoms with Crippen LogP contribution in [0.1, 0.15) is 24.2 Å².